The van der Waals surface area contributed by atoms with E-state index in [1.807, 2.05) is 6.92 Å². The van der Waals surface area contributed by atoms with Crippen molar-refractivity contribution in [2.45, 2.75) is 38.5 Å². The number of methoxy groups -OCH3 is 1. The Balaban J connectivity index is 1.44. The Morgan fingerprint density at radius 2 is 1.79 bits per heavy atom. The summed E-state index contributed by atoms with van der Waals surface area (Å²) in [5.74, 6) is -0.362. The van der Waals surface area contributed by atoms with E-state index < -0.39 is 28.7 Å². The van der Waals surface area contributed by atoms with Gasteiger partial charge in [0.1, 0.15) is 23.9 Å². The van der Waals surface area contributed by atoms with Crippen LogP contribution in [-0.2, 0) is 20.5 Å². The number of hydrogen-bond donors (Lipinski definition) is 0. The summed E-state index contributed by atoms with van der Waals surface area (Å²) in [7, 11) is 1.38. The lowest BCUT2D eigenvalue weighted by atomic mass is 10.0. The summed E-state index contributed by atoms with van der Waals surface area (Å²) in [5, 5.41) is 9.38. The molecule has 43 heavy (non-hydrogen) atoms. The Labute approximate surface area is 258 Å². The lowest BCUT2D eigenvalue weighted by molar-refractivity contribution is -0.147. The maximum absolute atomic E-state index is 13.6. The molecule has 0 aromatic heterocycles. The predicted molar refractivity (Wildman–Crippen MR) is 159 cm³/mol. The molecule has 4 rings (SSSR count). The summed E-state index contributed by atoms with van der Waals surface area (Å²) in [5.41, 5.74) is -2.58. The van der Waals surface area contributed by atoms with E-state index in [4.69, 9.17) is 38.6 Å². The van der Waals surface area contributed by atoms with Crippen molar-refractivity contribution in [3.05, 3.63) is 52.5 Å². The van der Waals surface area contributed by atoms with Crippen LogP contribution in [-0.4, -0.2) is 84.8 Å². The number of ether oxygens (including phenoxy) is 2. The van der Waals surface area contributed by atoms with Crippen molar-refractivity contribution in [1.29, 1.82) is 5.26 Å². The van der Waals surface area contributed by atoms with Crippen molar-refractivity contribution in [1.82, 2.24) is 9.80 Å². The fraction of sp³-hybridized carbons (Fsp3) is 0.448. The normalized spacial score (nSPS) is 18.5. The highest BCUT2D eigenvalue weighted by atomic mass is 35.5. The molecule has 2 fully saturated rings. The number of alkyl halides is 3. The average molecular weight is 638 g/mol. The molecule has 14 heteroatoms. The molecule has 0 radical (unpaired) electrons. The first-order chi connectivity index (χ1) is 20.2. The van der Waals surface area contributed by atoms with E-state index in [-0.39, 0.29) is 27.8 Å². The molecular formula is C29H31ClF3N5O4S. The van der Waals surface area contributed by atoms with Crippen molar-refractivity contribution < 1.29 is 32.2 Å². The molecule has 1 atom stereocenters. The van der Waals surface area contributed by atoms with Gasteiger partial charge in [0.25, 0.3) is 5.91 Å². The van der Waals surface area contributed by atoms with Crippen molar-refractivity contribution in [3.63, 3.8) is 0 Å². The number of hydrogen-bond acceptors (Lipinski definition) is 8. The number of nitrogens with zero attached hydrogens (tertiary/aromatic N) is 5. The summed E-state index contributed by atoms with van der Waals surface area (Å²) >= 11 is 12.1. The number of benzene rings is 2. The summed E-state index contributed by atoms with van der Waals surface area (Å²) in [6.45, 7) is 9.07. The molecule has 2 aliphatic heterocycles. The molecule has 1 amide bonds. The van der Waals surface area contributed by atoms with Crippen LogP contribution in [0.5, 0.6) is 5.75 Å². The van der Waals surface area contributed by atoms with Crippen LogP contribution >= 0.6 is 23.8 Å². The maximum atomic E-state index is 13.6. The van der Waals surface area contributed by atoms with Gasteiger partial charge in [-0.25, -0.2) is 0 Å². The predicted octanol–water partition coefficient (Wildman–Crippen LogP) is 4.71. The van der Waals surface area contributed by atoms with Gasteiger partial charge in [-0.3, -0.25) is 24.3 Å². The lowest BCUT2D eigenvalue weighted by Crippen LogP contribution is -2.52. The third kappa shape index (κ3) is 6.57. The molecule has 9 nitrogen and oxygen atoms in total. The first-order valence-corrected chi connectivity index (χ1v) is 14.3. The molecule has 0 N–H and O–H groups in total. The summed E-state index contributed by atoms with van der Waals surface area (Å²) in [6, 6.07) is 9.21. The largest absolute Gasteiger partial charge is 0.491 e. The minimum atomic E-state index is -4.79. The van der Waals surface area contributed by atoms with E-state index in [9.17, 15) is 22.8 Å². The van der Waals surface area contributed by atoms with Gasteiger partial charge >= 0.3 is 12.1 Å². The van der Waals surface area contributed by atoms with Gasteiger partial charge < -0.3 is 14.4 Å². The molecule has 2 aromatic carbocycles. The number of nitriles is 1. The average Bonchev–Trinajstić information content (AvgIpc) is 3.15. The van der Waals surface area contributed by atoms with E-state index >= 15 is 0 Å². The van der Waals surface area contributed by atoms with Crippen molar-refractivity contribution in [2.75, 3.05) is 56.2 Å². The SMILES string of the molecule is COC(=O)[C@H](C)N1CCN(CCOc2ccc(N3C(=S)N(c4ccc(C#N)c(C(F)(F)F)c4)C(=O)C3(C)C)cc2Cl)CC1. The number of halogens is 4. The third-order valence-corrected chi connectivity index (χ3v) is 8.35. The van der Waals surface area contributed by atoms with E-state index in [1.165, 1.54) is 24.1 Å². The maximum Gasteiger partial charge on any atom is 0.417 e. The fourth-order valence-electron chi connectivity index (χ4n) is 5.18. The minimum absolute atomic E-state index is 0.0294. The molecule has 0 bridgehead atoms. The standard InChI is InChI=1S/C29H31ClF3N5O4S/c1-18(25(39)41-4)36-11-9-35(10-12-36)13-14-42-24-8-7-21(16-23(24)30)38-27(43)37(26(40)28(38,2)3)20-6-5-19(17-34)22(15-20)29(31,32)33/h5-8,15-16,18H,9-14H2,1-4H3/t18-/m0/s1. The zero-order valence-corrected chi connectivity index (χ0v) is 25.6. The van der Waals surface area contributed by atoms with Gasteiger partial charge in [0.05, 0.1) is 35.0 Å². The molecule has 2 aliphatic rings. The molecule has 2 saturated heterocycles. The second-order valence-corrected chi connectivity index (χ2v) is 11.5. The van der Waals surface area contributed by atoms with Crippen LogP contribution < -0.4 is 14.5 Å². The number of carbonyl (C=O) groups excluding carboxylic acids is 2. The number of rotatable bonds is 8. The van der Waals surface area contributed by atoms with Gasteiger partial charge in [0, 0.05) is 38.4 Å². The van der Waals surface area contributed by atoms with Gasteiger partial charge in [-0.05, 0) is 69.4 Å². The van der Waals surface area contributed by atoms with E-state index in [2.05, 4.69) is 9.80 Å². The van der Waals surface area contributed by atoms with Crippen molar-refractivity contribution in [2.24, 2.45) is 0 Å². The molecule has 0 unspecified atom stereocenters. The molecule has 230 valence electrons. The Hall–Kier alpha value is -3.44. The molecule has 0 spiro atoms. The van der Waals surface area contributed by atoms with Gasteiger partial charge in [-0.1, -0.05) is 11.6 Å². The van der Waals surface area contributed by atoms with Crippen LogP contribution in [0, 0.1) is 11.3 Å². The molecule has 2 heterocycles. The van der Waals surface area contributed by atoms with Crippen LogP contribution in [0.1, 0.15) is 31.9 Å². The highest BCUT2D eigenvalue weighted by Gasteiger charge is 2.51. The van der Waals surface area contributed by atoms with E-state index in [0.717, 1.165) is 43.2 Å². The second-order valence-electron chi connectivity index (χ2n) is 10.7. The number of carbonyl (C=O) groups is 2. The van der Waals surface area contributed by atoms with Crippen LogP contribution in [0.4, 0.5) is 24.5 Å². The summed E-state index contributed by atoms with van der Waals surface area (Å²) in [6.07, 6.45) is -4.79. The Morgan fingerprint density at radius 1 is 1.14 bits per heavy atom. The van der Waals surface area contributed by atoms with Crippen molar-refractivity contribution >= 4 is 52.2 Å². The zero-order chi connectivity index (χ0) is 31.7. The van der Waals surface area contributed by atoms with Gasteiger partial charge in [-0.15, -0.1) is 0 Å². The van der Waals surface area contributed by atoms with Gasteiger partial charge in [0.15, 0.2) is 5.11 Å². The summed E-state index contributed by atoms with van der Waals surface area (Å²) in [4.78, 5) is 32.1. The van der Waals surface area contributed by atoms with Gasteiger partial charge in [-0.2, -0.15) is 18.4 Å². The lowest BCUT2D eigenvalue weighted by Gasteiger charge is -2.36. The molecule has 2 aromatic rings. The fourth-order valence-corrected chi connectivity index (χ4v) is 5.94. The molecule has 0 saturated carbocycles. The number of amides is 1. The highest BCUT2D eigenvalue weighted by Crippen LogP contribution is 2.41. The summed E-state index contributed by atoms with van der Waals surface area (Å²) < 4.78 is 51.6. The van der Waals surface area contributed by atoms with Crippen molar-refractivity contribution in [3.8, 4) is 11.8 Å². The number of esters is 1. The highest BCUT2D eigenvalue weighted by molar-refractivity contribution is 7.81. The van der Waals surface area contributed by atoms with Crippen LogP contribution in [0.3, 0.4) is 0 Å². The Bertz CT molecular complexity index is 1460. The van der Waals surface area contributed by atoms with E-state index in [1.54, 1.807) is 32.0 Å². The third-order valence-electron chi connectivity index (χ3n) is 7.69. The van der Waals surface area contributed by atoms with Crippen LogP contribution in [0.25, 0.3) is 0 Å². The van der Waals surface area contributed by atoms with Crippen LogP contribution in [0.15, 0.2) is 36.4 Å². The molecular weight excluding hydrogens is 607 g/mol. The Kier molecular flexibility index (Phi) is 9.56. The minimum Gasteiger partial charge on any atom is -0.491 e. The topological polar surface area (TPSA) is 89.3 Å². The zero-order valence-electron chi connectivity index (χ0n) is 24.1. The number of thiocarbonyl (C=S) groups is 1. The number of piperazine rings is 1. The van der Waals surface area contributed by atoms with E-state index in [0.29, 0.717) is 24.6 Å². The quantitative estimate of drug-likeness (QED) is 0.302. The first kappa shape index (κ1) is 32.5. The first-order valence-electron chi connectivity index (χ1n) is 13.5. The smallest absolute Gasteiger partial charge is 0.417 e. The Morgan fingerprint density at radius 3 is 2.37 bits per heavy atom. The van der Waals surface area contributed by atoms with Crippen LogP contribution in [0.2, 0.25) is 5.02 Å². The monoisotopic (exact) mass is 637 g/mol. The van der Waals surface area contributed by atoms with Gasteiger partial charge in [0.2, 0.25) is 0 Å². The number of anilines is 2. The second kappa shape index (κ2) is 12.7. The molecule has 0 aliphatic carbocycles.